The minimum absolute atomic E-state index is 0.0359. The Balaban J connectivity index is 2.00. The van der Waals surface area contributed by atoms with Crippen LogP contribution in [0, 0.1) is 5.82 Å². The molecule has 22 heavy (non-hydrogen) atoms. The summed E-state index contributed by atoms with van der Waals surface area (Å²) in [5.74, 6) is -1.82. The van der Waals surface area contributed by atoms with Gasteiger partial charge in [-0.25, -0.2) is 9.18 Å². The number of nitrogens with zero attached hydrogens (tertiary/aromatic N) is 1. The number of aromatic nitrogens is 1. The van der Waals surface area contributed by atoms with Crippen LogP contribution in [0.2, 0.25) is 0 Å². The highest BCUT2D eigenvalue weighted by molar-refractivity contribution is 9.10. The van der Waals surface area contributed by atoms with Gasteiger partial charge in [-0.15, -0.1) is 0 Å². The number of Topliss-reactive ketones (excluding diaryl/α,β-unsaturated/α-hetero) is 1. The van der Waals surface area contributed by atoms with Crippen molar-refractivity contribution in [3.05, 3.63) is 58.1 Å². The maximum Gasteiger partial charge on any atom is 0.340 e. The van der Waals surface area contributed by atoms with Crippen molar-refractivity contribution in [3.63, 3.8) is 0 Å². The molecule has 2 aromatic rings. The summed E-state index contributed by atoms with van der Waals surface area (Å²) in [5, 5.41) is 0. The quantitative estimate of drug-likeness (QED) is 0.600. The first-order chi connectivity index (χ1) is 10.5. The first-order valence-corrected chi connectivity index (χ1v) is 6.95. The molecule has 7 heteroatoms. The van der Waals surface area contributed by atoms with E-state index in [2.05, 4.69) is 20.9 Å². The molecule has 0 saturated heterocycles. The van der Waals surface area contributed by atoms with Gasteiger partial charge in [-0.1, -0.05) is 0 Å². The van der Waals surface area contributed by atoms with Crippen molar-refractivity contribution in [2.24, 2.45) is 0 Å². The number of ether oxygens (including phenoxy) is 2. The Morgan fingerprint density at radius 3 is 2.64 bits per heavy atom. The molecule has 0 radical (unpaired) electrons. The van der Waals surface area contributed by atoms with Gasteiger partial charge in [-0.2, -0.15) is 0 Å². The number of halogens is 2. The van der Waals surface area contributed by atoms with E-state index in [1.54, 1.807) is 0 Å². The predicted octanol–water partition coefficient (Wildman–Crippen LogP) is 3.03. The molecule has 0 N–H and O–H groups in total. The fourth-order valence-corrected chi connectivity index (χ4v) is 2.03. The van der Waals surface area contributed by atoms with Gasteiger partial charge in [0.25, 0.3) is 0 Å². The monoisotopic (exact) mass is 367 g/mol. The van der Waals surface area contributed by atoms with E-state index < -0.39 is 24.2 Å². The van der Waals surface area contributed by atoms with Crippen molar-refractivity contribution in [3.8, 4) is 5.75 Å². The number of methoxy groups -OCH3 is 1. The SMILES string of the molecule is COc1ccc(C(=O)COC(=O)c2cncc(Br)c2)cc1F. The molecular weight excluding hydrogens is 357 g/mol. The van der Waals surface area contributed by atoms with Gasteiger partial charge in [0, 0.05) is 22.4 Å². The van der Waals surface area contributed by atoms with Crippen LogP contribution in [0.5, 0.6) is 5.75 Å². The van der Waals surface area contributed by atoms with Crippen molar-refractivity contribution >= 4 is 27.7 Å². The molecule has 1 aromatic heterocycles. The summed E-state index contributed by atoms with van der Waals surface area (Å²) in [4.78, 5) is 27.5. The normalized spacial score (nSPS) is 10.1. The average Bonchev–Trinajstić information content (AvgIpc) is 2.52. The number of rotatable bonds is 5. The van der Waals surface area contributed by atoms with Gasteiger partial charge in [0.15, 0.2) is 24.0 Å². The topological polar surface area (TPSA) is 65.5 Å². The lowest BCUT2D eigenvalue weighted by Gasteiger charge is -2.06. The highest BCUT2D eigenvalue weighted by Crippen LogP contribution is 2.18. The van der Waals surface area contributed by atoms with Gasteiger partial charge in [0.1, 0.15) is 0 Å². The third-order valence-electron chi connectivity index (χ3n) is 2.75. The molecule has 2 rings (SSSR count). The molecule has 0 saturated carbocycles. The molecule has 0 fully saturated rings. The molecule has 0 unspecified atom stereocenters. The van der Waals surface area contributed by atoms with E-state index >= 15 is 0 Å². The van der Waals surface area contributed by atoms with Gasteiger partial charge in [-0.3, -0.25) is 9.78 Å². The third-order valence-corrected chi connectivity index (χ3v) is 3.18. The minimum Gasteiger partial charge on any atom is -0.494 e. The summed E-state index contributed by atoms with van der Waals surface area (Å²) >= 11 is 3.18. The fourth-order valence-electron chi connectivity index (χ4n) is 1.66. The van der Waals surface area contributed by atoms with E-state index in [4.69, 9.17) is 9.47 Å². The van der Waals surface area contributed by atoms with Crippen LogP contribution in [-0.2, 0) is 4.74 Å². The van der Waals surface area contributed by atoms with Crippen LogP contribution in [0.3, 0.4) is 0 Å². The van der Waals surface area contributed by atoms with Crippen LogP contribution in [-0.4, -0.2) is 30.5 Å². The second-order valence-corrected chi connectivity index (χ2v) is 5.16. The van der Waals surface area contributed by atoms with Gasteiger partial charge >= 0.3 is 5.97 Å². The van der Waals surface area contributed by atoms with Crippen molar-refractivity contribution < 1.29 is 23.5 Å². The molecule has 0 aliphatic heterocycles. The lowest BCUT2D eigenvalue weighted by atomic mass is 10.1. The molecule has 0 bridgehead atoms. The Hall–Kier alpha value is -2.28. The number of esters is 1. The van der Waals surface area contributed by atoms with E-state index in [1.165, 1.54) is 37.7 Å². The zero-order valence-corrected chi connectivity index (χ0v) is 13.1. The molecule has 0 aliphatic rings. The first-order valence-electron chi connectivity index (χ1n) is 6.15. The predicted molar refractivity (Wildman–Crippen MR) is 79.5 cm³/mol. The zero-order valence-electron chi connectivity index (χ0n) is 11.5. The number of hydrogen-bond acceptors (Lipinski definition) is 5. The van der Waals surface area contributed by atoms with Gasteiger partial charge in [-0.05, 0) is 40.2 Å². The molecule has 1 heterocycles. The number of ketones is 1. The van der Waals surface area contributed by atoms with E-state index in [-0.39, 0.29) is 16.9 Å². The Morgan fingerprint density at radius 2 is 2.00 bits per heavy atom. The number of benzene rings is 1. The highest BCUT2D eigenvalue weighted by Gasteiger charge is 2.14. The van der Waals surface area contributed by atoms with Gasteiger partial charge < -0.3 is 9.47 Å². The van der Waals surface area contributed by atoms with Crippen molar-refractivity contribution in [2.75, 3.05) is 13.7 Å². The van der Waals surface area contributed by atoms with Crippen LogP contribution in [0.4, 0.5) is 4.39 Å². The zero-order chi connectivity index (χ0) is 16.1. The molecular formula is C15H11BrFNO4. The lowest BCUT2D eigenvalue weighted by molar-refractivity contribution is 0.0474. The maximum atomic E-state index is 13.5. The summed E-state index contributed by atoms with van der Waals surface area (Å²) in [5.41, 5.74) is 0.307. The third kappa shape index (κ3) is 3.88. The first kappa shape index (κ1) is 16.1. The van der Waals surface area contributed by atoms with Crippen LogP contribution in [0.1, 0.15) is 20.7 Å². The number of carbonyl (C=O) groups is 2. The second-order valence-electron chi connectivity index (χ2n) is 4.24. The van der Waals surface area contributed by atoms with E-state index in [0.717, 1.165) is 6.07 Å². The summed E-state index contributed by atoms with van der Waals surface area (Å²) in [6.07, 6.45) is 2.84. The number of hydrogen-bond donors (Lipinski definition) is 0. The van der Waals surface area contributed by atoms with Gasteiger partial charge in [0.05, 0.1) is 12.7 Å². The Labute approximate surface area is 134 Å². The van der Waals surface area contributed by atoms with E-state index in [0.29, 0.717) is 4.47 Å². The average molecular weight is 368 g/mol. The summed E-state index contributed by atoms with van der Waals surface area (Å²) < 4.78 is 23.8. The van der Waals surface area contributed by atoms with Crippen LogP contribution in [0.25, 0.3) is 0 Å². The summed E-state index contributed by atoms with van der Waals surface area (Å²) in [6, 6.07) is 5.30. The largest absolute Gasteiger partial charge is 0.494 e. The molecule has 0 atom stereocenters. The van der Waals surface area contributed by atoms with E-state index in [1.807, 2.05) is 0 Å². The maximum absolute atomic E-state index is 13.5. The van der Waals surface area contributed by atoms with Crippen molar-refractivity contribution in [2.45, 2.75) is 0 Å². The van der Waals surface area contributed by atoms with Crippen molar-refractivity contribution in [1.29, 1.82) is 0 Å². The Kier molecular flexibility index (Phi) is 5.21. The Morgan fingerprint density at radius 1 is 1.23 bits per heavy atom. The molecule has 1 aromatic carbocycles. The molecule has 0 spiro atoms. The second kappa shape index (κ2) is 7.13. The van der Waals surface area contributed by atoms with E-state index in [9.17, 15) is 14.0 Å². The fraction of sp³-hybridized carbons (Fsp3) is 0.133. The molecule has 5 nitrogen and oxygen atoms in total. The number of carbonyl (C=O) groups excluding carboxylic acids is 2. The van der Waals surface area contributed by atoms with Crippen LogP contribution >= 0.6 is 15.9 Å². The molecule has 0 amide bonds. The summed E-state index contributed by atoms with van der Waals surface area (Å²) in [6.45, 7) is -0.489. The minimum atomic E-state index is -0.684. The molecule has 0 aliphatic carbocycles. The smallest absolute Gasteiger partial charge is 0.340 e. The highest BCUT2D eigenvalue weighted by atomic mass is 79.9. The van der Waals surface area contributed by atoms with Crippen molar-refractivity contribution in [1.82, 2.24) is 4.98 Å². The summed E-state index contributed by atoms with van der Waals surface area (Å²) in [7, 11) is 1.33. The Bertz CT molecular complexity index is 720. The van der Waals surface area contributed by atoms with Crippen LogP contribution < -0.4 is 4.74 Å². The van der Waals surface area contributed by atoms with Crippen LogP contribution in [0.15, 0.2) is 41.1 Å². The standard InChI is InChI=1S/C15H11BrFNO4/c1-21-14-3-2-9(5-12(14)17)13(19)8-22-15(20)10-4-11(16)7-18-6-10/h2-7H,8H2,1H3. The van der Waals surface area contributed by atoms with Gasteiger partial charge in [0.2, 0.25) is 0 Å². The molecule has 114 valence electrons. The lowest BCUT2D eigenvalue weighted by Crippen LogP contribution is -2.14. The number of pyridine rings is 1.